The quantitative estimate of drug-likeness (QED) is 0.225. The third kappa shape index (κ3) is 7.97. The monoisotopic (exact) mass is 562 g/mol. The van der Waals surface area contributed by atoms with Crippen LogP contribution in [-0.4, -0.2) is 77.5 Å². The van der Waals surface area contributed by atoms with Gasteiger partial charge in [0.1, 0.15) is 0 Å². The molecule has 0 radical (unpaired) electrons. The summed E-state index contributed by atoms with van der Waals surface area (Å²) in [4.78, 5) is 0. The number of hydrogen-bond acceptors (Lipinski definition) is 5. The average molecular weight is 562 g/mol. The molecular formula is C15H23F13O5S. The molecule has 0 aromatic rings. The molecule has 0 spiro atoms. The van der Waals surface area contributed by atoms with Gasteiger partial charge in [0.2, 0.25) is 5.79 Å². The van der Waals surface area contributed by atoms with Gasteiger partial charge in [-0.25, -0.2) is 8.78 Å². The Morgan fingerprint density at radius 2 is 1.32 bits per heavy atom. The zero-order valence-electron chi connectivity index (χ0n) is 18.2. The number of methoxy groups -OCH3 is 1. The lowest BCUT2D eigenvalue weighted by Gasteiger charge is -2.34. The van der Waals surface area contributed by atoms with E-state index in [1.54, 1.807) is 7.11 Å². The molecule has 0 aromatic carbocycles. The highest BCUT2D eigenvalue weighted by Crippen LogP contribution is 2.62. The Bertz CT molecular complexity index is 683. The second kappa shape index (κ2) is 13.3. The van der Waals surface area contributed by atoms with Gasteiger partial charge in [-0.3, -0.25) is 22.6 Å². The van der Waals surface area contributed by atoms with Crippen LogP contribution in [0.2, 0.25) is 0 Å². The van der Waals surface area contributed by atoms with Crippen molar-refractivity contribution in [3.8, 4) is 0 Å². The molecule has 0 aliphatic carbocycles. The maximum atomic E-state index is 13.8. The standard InChI is InChI=1S/C8H6F10O4S.C4H9FO.C2H5F.CH3F/c1-3(9,10)4(2)21-6(13,7(14,15)22-4)5(11,12)8(16,17)23(18,19)20;1-6-4-2-3-5;1-2-3;1-2/h1-2H3;2-4H2,1H3;2H2,1H3;1H3. The van der Waals surface area contributed by atoms with Gasteiger partial charge in [0, 0.05) is 20.6 Å². The summed E-state index contributed by atoms with van der Waals surface area (Å²) < 4.78 is 193. The number of rotatable bonds is 7. The maximum absolute atomic E-state index is 13.8. The van der Waals surface area contributed by atoms with Gasteiger partial charge in [-0.15, -0.1) is 0 Å². The molecule has 1 heterocycles. The number of halogens is 13. The van der Waals surface area contributed by atoms with Gasteiger partial charge in [0.25, 0.3) is 5.92 Å². The minimum atomic E-state index is -7.64. The first-order valence-corrected chi connectivity index (χ1v) is 9.91. The highest BCUT2D eigenvalue weighted by atomic mass is 32.3. The van der Waals surface area contributed by atoms with Crippen LogP contribution >= 0.6 is 0 Å². The van der Waals surface area contributed by atoms with Gasteiger partial charge in [-0.2, -0.15) is 39.2 Å². The van der Waals surface area contributed by atoms with Crippen molar-refractivity contribution in [2.45, 2.75) is 62.0 Å². The minimum absolute atomic E-state index is 0.194. The van der Waals surface area contributed by atoms with E-state index >= 15 is 0 Å². The Morgan fingerprint density at radius 1 is 0.941 bits per heavy atom. The van der Waals surface area contributed by atoms with E-state index in [0.29, 0.717) is 20.2 Å². The molecular weight excluding hydrogens is 539 g/mol. The van der Waals surface area contributed by atoms with E-state index < -0.39 is 45.1 Å². The summed E-state index contributed by atoms with van der Waals surface area (Å²) in [6.07, 6.45) is -5.66. The molecule has 0 aromatic heterocycles. The van der Waals surface area contributed by atoms with Crippen molar-refractivity contribution in [3.05, 3.63) is 0 Å². The van der Waals surface area contributed by atoms with Crippen LogP contribution in [0.1, 0.15) is 27.2 Å². The van der Waals surface area contributed by atoms with E-state index in [1.807, 2.05) is 0 Å². The van der Waals surface area contributed by atoms with Crippen LogP contribution in [-0.2, 0) is 24.4 Å². The zero-order valence-corrected chi connectivity index (χ0v) is 19.0. The highest BCUT2D eigenvalue weighted by Gasteiger charge is 2.91. The van der Waals surface area contributed by atoms with Crippen LogP contribution in [0.15, 0.2) is 0 Å². The molecule has 2 atom stereocenters. The molecule has 1 saturated heterocycles. The van der Waals surface area contributed by atoms with Crippen molar-refractivity contribution in [1.29, 1.82) is 0 Å². The topological polar surface area (TPSA) is 61.8 Å². The average Bonchev–Trinajstić information content (AvgIpc) is 2.87. The van der Waals surface area contributed by atoms with Crippen LogP contribution in [0.4, 0.5) is 56.6 Å². The van der Waals surface area contributed by atoms with Crippen LogP contribution in [0, 0.1) is 0 Å². The van der Waals surface area contributed by atoms with Crippen molar-refractivity contribution >= 4 is 10.2 Å². The zero-order chi connectivity index (χ0) is 28.4. The van der Waals surface area contributed by atoms with Crippen LogP contribution in [0.3, 0.4) is 0 Å². The molecule has 1 fully saturated rings. The summed E-state index contributed by atoms with van der Waals surface area (Å²) in [7, 11) is -5.57. The fourth-order valence-corrected chi connectivity index (χ4v) is 2.06. The first-order chi connectivity index (χ1) is 15.0. The fraction of sp³-hybridized carbons (Fsp3) is 1.00. The second-order valence-electron chi connectivity index (χ2n) is 5.98. The lowest BCUT2D eigenvalue weighted by Crippen LogP contribution is -2.65. The normalized spacial score (nSPS) is 24.6. The van der Waals surface area contributed by atoms with E-state index in [9.17, 15) is 65.0 Å². The van der Waals surface area contributed by atoms with Crippen molar-refractivity contribution < 1.29 is 79.2 Å². The summed E-state index contributed by atoms with van der Waals surface area (Å²) in [5, 5.41) is -7.07. The summed E-state index contributed by atoms with van der Waals surface area (Å²) in [6, 6.07) is 0. The van der Waals surface area contributed by atoms with E-state index in [0.717, 1.165) is 0 Å². The maximum Gasteiger partial charge on any atom is 0.442 e. The molecule has 0 saturated carbocycles. The summed E-state index contributed by atoms with van der Waals surface area (Å²) in [5.74, 6) is -22.4. The Hall–Kier alpha value is -1.08. The van der Waals surface area contributed by atoms with Crippen molar-refractivity contribution in [2.75, 3.05) is 34.2 Å². The largest absolute Gasteiger partial charge is 0.442 e. The lowest BCUT2D eigenvalue weighted by atomic mass is 10.1. The lowest BCUT2D eigenvalue weighted by molar-refractivity contribution is -0.388. The Kier molecular flexibility index (Phi) is 14.6. The number of ether oxygens (including phenoxy) is 3. The molecule has 1 aliphatic rings. The molecule has 2 unspecified atom stereocenters. The van der Waals surface area contributed by atoms with Crippen LogP contribution in [0.5, 0.6) is 0 Å². The van der Waals surface area contributed by atoms with Crippen molar-refractivity contribution in [2.24, 2.45) is 0 Å². The van der Waals surface area contributed by atoms with E-state index in [1.165, 1.54) is 6.92 Å². The van der Waals surface area contributed by atoms with Crippen LogP contribution in [0.25, 0.3) is 0 Å². The molecule has 34 heavy (non-hydrogen) atoms. The predicted octanol–water partition coefficient (Wildman–Crippen LogP) is 5.74. The molecule has 19 heteroatoms. The van der Waals surface area contributed by atoms with Gasteiger partial charge >= 0.3 is 33.4 Å². The number of hydrogen-bond donors (Lipinski definition) is 0. The van der Waals surface area contributed by atoms with Gasteiger partial charge in [-0.05, 0) is 20.3 Å². The van der Waals surface area contributed by atoms with E-state index in [4.69, 9.17) is 0 Å². The van der Waals surface area contributed by atoms with Crippen molar-refractivity contribution in [3.63, 3.8) is 0 Å². The van der Waals surface area contributed by atoms with Gasteiger partial charge < -0.3 is 4.74 Å². The highest BCUT2D eigenvalue weighted by molar-refractivity contribution is 7.87. The third-order valence-corrected chi connectivity index (χ3v) is 4.26. The molecule has 1 rings (SSSR count). The Morgan fingerprint density at radius 3 is 1.53 bits per heavy atom. The fourth-order valence-electron chi connectivity index (χ4n) is 1.62. The van der Waals surface area contributed by atoms with Gasteiger partial charge in [0.15, 0.2) is 0 Å². The molecule has 0 amide bonds. The number of alkyl halides is 12. The Balaban J connectivity index is -0.000000733. The molecule has 210 valence electrons. The predicted molar refractivity (Wildman–Crippen MR) is 91.1 cm³/mol. The van der Waals surface area contributed by atoms with Crippen LogP contribution < -0.4 is 0 Å². The molecule has 1 aliphatic heterocycles. The second-order valence-corrected chi connectivity index (χ2v) is 7.37. The van der Waals surface area contributed by atoms with E-state index in [-0.39, 0.29) is 27.2 Å². The summed E-state index contributed by atoms with van der Waals surface area (Å²) >= 11 is 0. The summed E-state index contributed by atoms with van der Waals surface area (Å²) in [6.45, 7) is 1.02. The Labute approximate surface area is 186 Å². The molecule has 0 N–H and O–H groups in total. The molecule has 5 nitrogen and oxygen atoms in total. The van der Waals surface area contributed by atoms with Crippen molar-refractivity contribution in [1.82, 2.24) is 0 Å². The first kappa shape index (κ1) is 37.5. The summed E-state index contributed by atoms with van der Waals surface area (Å²) in [5.41, 5.74) is 0. The molecule has 0 bridgehead atoms. The first-order valence-electron chi connectivity index (χ1n) is 8.53. The minimum Gasteiger partial charge on any atom is -0.385 e. The third-order valence-electron chi connectivity index (χ3n) is 3.39. The van der Waals surface area contributed by atoms with Gasteiger partial charge in [-0.1, -0.05) is 3.89 Å². The van der Waals surface area contributed by atoms with Gasteiger partial charge in [0.05, 0.1) is 20.5 Å². The van der Waals surface area contributed by atoms with E-state index in [2.05, 4.69) is 14.2 Å². The smallest absolute Gasteiger partial charge is 0.385 e. The SMILES string of the molecule is CC(F)(F)C1(C)OC(F)(F)C(F)(C(F)(F)C(F)(F)S(=O)(=O)F)O1.CCF.CF.COCCCF.